The summed E-state index contributed by atoms with van der Waals surface area (Å²) in [5.74, 6) is -0.460. The van der Waals surface area contributed by atoms with Crippen molar-refractivity contribution in [1.82, 2.24) is 19.1 Å². The van der Waals surface area contributed by atoms with Gasteiger partial charge >= 0.3 is 0 Å². The number of aromatic nitrogens is 4. The van der Waals surface area contributed by atoms with Crippen molar-refractivity contribution in [3.05, 3.63) is 290 Å². The first kappa shape index (κ1) is 74.2. The number of aryl methyl sites for hydroxylation is 4. The van der Waals surface area contributed by atoms with E-state index in [0.717, 1.165) is 218 Å². The molecule has 560 valence electrons. The van der Waals surface area contributed by atoms with Crippen LogP contribution < -0.4 is 0 Å². The van der Waals surface area contributed by atoms with Gasteiger partial charge in [-0.3, -0.25) is 9.59 Å². The maximum atomic E-state index is 14.9. The van der Waals surface area contributed by atoms with Crippen molar-refractivity contribution >= 4 is 145 Å². The van der Waals surface area contributed by atoms with Crippen LogP contribution >= 0.6 is 57.1 Å². The van der Waals surface area contributed by atoms with Gasteiger partial charge in [0.05, 0.1) is 64.1 Å². The summed E-state index contributed by atoms with van der Waals surface area (Å²) in [6.07, 6.45) is 25.9. The lowest BCUT2D eigenvalue weighted by Gasteiger charge is -2.34. The highest BCUT2D eigenvalue weighted by Gasteiger charge is 2.54. The van der Waals surface area contributed by atoms with Gasteiger partial charge in [0, 0.05) is 64.7 Å². The monoisotopic (exact) mass is 1580 g/mol. The Kier molecular flexibility index (Phi) is 20.2. The van der Waals surface area contributed by atoms with E-state index >= 15 is 0 Å². The van der Waals surface area contributed by atoms with Crippen LogP contribution in [-0.2, 0) is 36.5 Å². The Bertz CT molecular complexity index is 6030. The van der Waals surface area contributed by atoms with Crippen LogP contribution in [0.2, 0.25) is 0 Å². The van der Waals surface area contributed by atoms with Gasteiger partial charge < -0.3 is 0 Å². The molecule has 0 amide bonds. The van der Waals surface area contributed by atoms with Crippen molar-refractivity contribution in [3.63, 3.8) is 0 Å². The standard InChI is InChI=1S/C98H80N8O3S5/c1-6-10-14-18-26-57-34-42-62(43-35-57)97(63-44-36-58(37-45-63)27-19-15-11-7-2)74-52-66(50-72-77(61(54-99)55-100)68-30-22-24-32-70(68)89(72)107)110-92(74)96-83(97)81-79-80(86-88(94(81)113-96)106-114-105-86)82-84-95(112-93(82)87-85(79)103-109-104-87)91-75(53-67(111-91)51-73-78(76(56-101)102-5)69-31-23-25-33-71(69)90(73)108)98(84,64-46-38-59(39-47-64)28-20-16-12-8-3)65-48-40-60(41-49-65)29-21-17-13-9-4/h22-25,30-53H,6-21,26-29H2,1-4H3/b72-50-,73-51-,78-76?. The highest BCUT2D eigenvalue weighted by atomic mass is 32.1. The molecular weight excluding hydrogens is 1500 g/mol. The van der Waals surface area contributed by atoms with E-state index in [-0.39, 0.29) is 22.8 Å². The molecule has 18 rings (SSSR count). The summed E-state index contributed by atoms with van der Waals surface area (Å²) >= 11 is 7.86. The van der Waals surface area contributed by atoms with Crippen LogP contribution in [0.4, 0.5) is 0 Å². The number of carbonyl (C=O) groups is 2. The number of carbonyl (C=O) groups excluding carboxylic acids is 2. The van der Waals surface area contributed by atoms with E-state index in [1.807, 2.05) is 48.6 Å². The van der Waals surface area contributed by atoms with Crippen LogP contribution in [0.1, 0.15) is 239 Å². The molecule has 114 heavy (non-hydrogen) atoms. The molecule has 16 heteroatoms. The number of rotatable bonds is 26. The summed E-state index contributed by atoms with van der Waals surface area (Å²) in [6.45, 7) is 17.3. The molecule has 0 saturated carbocycles. The van der Waals surface area contributed by atoms with Gasteiger partial charge in [0.15, 0.2) is 17.1 Å². The quantitative estimate of drug-likeness (QED) is 0.0220. The topological polar surface area (TPSA) is 175 Å². The SMILES string of the molecule is [C-]#[N+]C(C#N)=C1/C(=C/c2cc3c(s2)-c2sc4c5nonc5c5c6c7c(sc6c6nsnc6c5c4c2C3(c2ccc(CCCCCC)cc2)c2ccc(CCCCCC)cc2)-c2sc(/C=C3\C(=O)c4ccccc4C3=C(C#N)C#N)cc2C7(c2ccc(CCCCCC)cc2)c2ccc(CCCCCC)cc2)C(=O)c2ccccc21. The van der Waals surface area contributed by atoms with Crippen LogP contribution in [0.3, 0.4) is 0 Å². The third-order valence-corrected chi connectivity index (χ3v) is 29.6. The van der Waals surface area contributed by atoms with Crippen molar-refractivity contribution in [2.75, 3.05) is 0 Å². The van der Waals surface area contributed by atoms with Crippen LogP contribution in [0.5, 0.6) is 0 Å². The van der Waals surface area contributed by atoms with E-state index in [1.165, 1.54) is 59.7 Å². The fourth-order valence-corrected chi connectivity index (χ4v) is 24.7. The Morgan fingerprint density at radius 3 is 1.21 bits per heavy atom. The van der Waals surface area contributed by atoms with Crippen LogP contribution in [0.15, 0.2) is 185 Å². The Balaban J connectivity index is 0.959. The Morgan fingerprint density at radius 1 is 0.430 bits per heavy atom. The minimum atomic E-state index is -1.03. The molecule has 0 N–H and O–H groups in total. The van der Waals surface area contributed by atoms with Crippen LogP contribution in [0, 0.1) is 40.6 Å². The largest absolute Gasteiger partial charge is 0.289 e. The molecule has 0 radical (unpaired) electrons. The van der Waals surface area contributed by atoms with Gasteiger partial charge in [-0.25, -0.2) is 14.7 Å². The normalized spacial score (nSPS) is 15.3. The number of hydrogen-bond donors (Lipinski definition) is 0. The molecule has 0 bridgehead atoms. The van der Waals surface area contributed by atoms with Gasteiger partial charge in [0.2, 0.25) is 0 Å². The maximum Gasteiger partial charge on any atom is 0.270 e. The molecule has 0 spiro atoms. The third-order valence-electron chi connectivity index (χ3n) is 24.2. The highest BCUT2D eigenvalue weighted by molar-refractivity contribution is 7.29. The average Bonchev–Trinajstić information content (AvgIpc) is 1.48. The number of benzene rings is 8. The van der Waals surface area contributed by atoms with Gasteiger partial charge in [0.1, 0.15) is 34.3 Å². The van der Waals surface area contributed by atoms with E-state index in [0.29, 0.717) is 55.6 Å². The first-order chi connectivity index (χ1) is 56.1. The summed E-state index contributed by atoms with van der Waals surface area (Å²) in [5, 5.41) is 45.7. The van der Waals surface area contributed by atoms with E-state index in [9.17, 15) is 25.4 Å². The van der Waals surface area contributed by atoms with Crippen LogP contribution in [0.25, 0.3) is 101 Å². The molecule has 0 aliphatic heterocycles. The third kappa shape index (κ3) is 11.9. The first-order valence-electron chi connectivity index (χ1n) is 40.3. The molecule has 8 aromatic carbocycles. The molecule has 4 aliphatic rings. The smallest absolute Gasteiger partial charge is 0.270 e. The number of nitriles is 3. The Labute approximate surface area is 683 Å². The second kappa shape index (κ2) is 31.0. The minimum Gasteiger partial charge on any atom is -0.289 e. The molecule has 11 nitrogen and oxygen atoms in total. The Morgan fingerprint density at radius 2 is 0.807 bits per heavy atom. The molecule has 6 aromatic heterocycles. The molecule has 0 atom stereocenters. The van der Waals surface area contributed by atoms with Crippen molar-refractivity contribution < 1.29 is 14.2 Å². The zero-order valence-corrected chi connectivity index (χ0v) is 68.2. The Hall–Kier alpha value is -11.2. The van der Waals surface area contributed by atoms with Crippen molar-refractivity contribution in [1.29, 1.82) is 15.8 Å². The second-order valence-electron chi connectivity index (χ2n) is 30.8. The van der Waals surface area contributed by atoms with Gasteiger partial charge in [0.25, 0.3) is 5.70 Å². The molecular formula is C98H80N8O3S5. The van der Waals surface area contributed by atoms with Crippen molar-refractivity contribution in [2.24, 2.45) is 0 Å². The van der Waals surface area contributed by atoms with Gasteiger partial charge in [-0.05, 0) is 164 Å². The molecule has 0 fully saturated rings. The predicted octanol–water partition coefficient (Wildman–Crippen LogP) is 26.7. The summed E-state index contributed by atoms with van der Waals surface area (Å²) < 4.78 is 19.1. The number of allylic oxidation sites excluding steroid dienone is 6. The van der Waals surface area contributed by atoms with Crippen LogP contribution in [-0.4, -0.2) is 30.6 Å². The summed E-state index contributed by atoms with van der Waals surface area (Å²) in [5.41, 5.74) is 17.5. The van der Waals surface area contributed by atoms with Gasteiger partial charge in [-0.15, -0.1) is 45.3 Å². The number of nitrogens with zero attached hydrogens (tertiary/aromatic N) is 8. The summed E-state index contributed by atoms with van der Waals surface area (Å²) in [7, 11) is 0. The molecule has 0 unspecified atom stereocenters. The minimum absolute atomic E-state index is 0.113. The lowest BCUT2D eigenvalue weighted by molar-refractivity contribution is 0.103. The number of unbranched alkanes of at least 4 members (excludes halogenated alkanes) is 12. The molecule has 6 heterocycles. The van der Waals surface area contributed by atoms with Crippen molar-refractivity contribution in [2.45, 2.75) is 167 Å². The lowest BCUT2D eigenvalue weighted by Crippen LogP contribution is -2.28. The van der Waals surface area contributed by atoms with E-state index in [4.69, 9.17) is 30.3 Å². The lowest BCUT2D eigenvalue weighted by atomic mass is 9.66. The van der Waals surface area contributed by atoms with E-state index in [1.54, 1.807) is 57.5 Å². The number of hydrogen-bond acceptors (Lipinski definition) is 15. The molecule has 14 aromatic rings. The van der Waals surface area contributed by atoms with E-state index < -0.39 is 10.8 Å². The molecule has 0 saturated heterocycles. The molecule has 4 aliphatic carbocycles. The van der Waals surface area contributed by atoms with Gasteiger partial charge in [-0.2, -0.15) is 19.3 Å². The number of Topliss-reactive ketones (excluding diaryl/α,β-unsaturated/α-hetero) is 2. The zero-order chi connectivity index (χ0) is 77.9. The van der Waals surface area contributed by atoms with Crippen molar-refractivity contribution in [3.8, 4) is 37.7 Å². The number of thiophene rings is 4. The zero-order valence-electron chi connectivity index (χ0n) is 64.2. The number of ketones is 2. The van der Waals surface area contributed by atoms with E-state index in [2.05, 4.69) is 160 Å². The fraction of sp³-hybridized carbons (Fsp3) is 0.265. The summed E-state index contributed by atoms with van der Waals surface area (Å²) in [6, 6.07) is 63.1. The number of fused-ring (bicyclic) bond motifs is 21. The first-order valence-corrected chi connectivity index (χ1v) is 44.3. The second-order valence-corrected chi connectivity index (χ2v) is 35.5. The predicted molar refractivity (Wildman–Crippen MR) is 468 cm³/mol. The summed E-state index contributed by atoms with van der Waals surface area (Å²) in [4.78, 5) is 39.4. The average molecular weight is 1580 g/mol. The van der Waals surface area contributed by atoms with Gasteiger partial charge in [-0.1, -0.05) is 250 Å². The maximum absolute atomic E-state index is 14.9. The highest BCUT2D eigenvalue weighted by Crippen LogP contribution is 2.69. The fourth-order valence-electron chi connectivity index (χ4n) is 18.8.